The van der Waals surface area contributed by atoms with Crippen LogP contribution in [0.25, 0.3) is 0 Å². The molecule has 0 unspecified atom stereocenters. The molecular weight excluding hydrogens is 300 g/mol. The molecule has 0 aromatic carbocycles. The molecule has 128 valence electrons. The van der Waals surface area contributed by atoms with Crippen LogP contribution in [0, 0.1) is 22.7 Å². The maximum atomic E-state index is 11.8. The van der Waals surface area contributed by atoms with Gasteiger partial charge in [-0.05, 0) is 74.0 Å². The third-order valence-corrected chi connectivity index (χ3v) is 7.23. The van der Waals surface area contributed by atoms with Crippen LogP contribution >= 0.6 is 0 Å². The van der Waals surface area contributed by atoms with Gasteiger partial charge in [0.15, 0.2) is 5.78 Å². The molecule has 0 aromatic heterocycles. The van der Waals surface area contributed by atoms with Crippen LogP contribution in [0.4, 0.5) is 0 Å². The van der Waals surface area contributed by atoms with Crippen molar-refractivity contribution in [3.05, 3.63) is 46.8 Å². The molecule has 0 saturated heterocycles. The topological polar surface area (TPSA) is 57.5 Å². The Morgan fingerprint density at radius 3 is 2.83 bits per heavy atom. The molecule has 4 rings (SSSR count). The molecule has 0 aromatic rings. The monoisotopic (exact) mass is 326 g/mol. The van der Waals surface area contributed by atoms with Crippen molar-refractivity contribution in [2.24, 2.45) is 22.7 Å². The lowest BCUT2D eigenvalue weighted by molar-refractivity contribution is -0.110. The summed E-state index contributed by atoms with van der Waals surface area (Å²) in [4.78, 5) is 11.8. The first-order valence-corrected chi connectivity index (χ1v) is 9.07. The van der Waals surface area contributed by atoms with Crippen molar-refractivity contribution in [1.29, 1.82) is 0 Å². The molecule has 2 N–H and O–H groups in total. The zero-order valence-electron chi connectivity index (χ0n) is 14.5. The number of aliphatic hydroxyl groups excluding tert-OH is 2. The van der Waals surface area contributed by atoms with E-state index in [4.69, 9.17) is 0 Å². The van der Waals surface area contributed by atoms with Crippen molar-refractivity contribution in [3.8, 4) is 0 Å². The molecule has 2 saturated carbocycles. The van der Waals surface area contributed by atoms with E-state index in [1.165, 1.54) is 11.1 Å². The van der Waals surface area contributed by atoms with Crippen molar-refractivity contribution in [1.82, 2.24) is 0 Å². The Morgan fingerprint density at radius 2 is 2.08 bits per heavy atom. The third-order valence-electron chi connectivity index (χ3n) is 7.23. The van der Waals surface area contributed by atoms with E-state index in [0.29, 0.717) is 11.8 Å². The Morgan fingerprint density at radius 1 is 1.29 bits per heavy atom. The molecule has 0 radical (unpaired) electrons. The van der Waals surface area contributed by atoms with Crippen molar-refractivity contribution < 1.29 is 15.0 Å². The van der Waals surface area contributed by atoms with Gasteiger partial charge in [-0.2, -0.15) is 0 Å². The van der Waals surface area contributed by atoms with Crippen molar-refractivity contribution in [3.63, 3.8) is 0 Å². The van der Waals surface area contributed by atoms with Crippen molar-refractivity contribution in [2.45, 2.75) is 46.0 Å². The first kappa shape index (κ1) is 15.9. The second-order valence-corrected chi connectivity index (χ2v) is 8.26. The standard InChI is InChI=1S/C21H26O3/c1-20-9-7-14(23)11-13(20)3-4-15-16-5-6-18(19(24)12-22)21(16,2)10-8-17(15)20/h7-9,11,15-16,22,24H,3-6,10,12H2,1-2H3/t15-,16-,20-,21-/m0/s1. The number of hydrogen-bond acceptors (Lipinski definition) is 3. The quantitative estimate of drug-likeness (QED) is 0.565. The highest BCUT2D eigenvalue weighted by Gasteiger charge is 2.54. The van der Waals surface area contributed by atoms with E-state index in [0.717, 1.165) is 37.7 Å². The van der Waals surface area contributed by atoms with E-state index in [2.05, 4.69) is 26.0 Å². The molecule has 3 heteroatoms. The summed E-state index contributed by atoms with van der Waals surface area (Å²) in [5.74, 6) is 1.32. The molecule has 0 bridgehead atoms. The van der Waals surface area contributed by atoms with Crippen LogP contribution in [0.3, 0.4) is 0 Å². The summed E-state index contributed by atoms with van der Waals surface area (Å²) in [6.07, 6.45) is 13.0. The highest BCUT2D eigenvalue weighted by atomic mass is 16.3. The van der Waals surface area contributed by atoms with Crippen molar-refractivity contribution >= 4 is 5.78 Å². The van der Waals surface area contributed by atoms with Gasteiger partial charge in [0, 0.05) is 5.41 Å². The van der Waals surface area contributed by atoms with Gasteiger partial charge in [-0.15, -0.1) is 0 Å². The Balaban J connectivity index is 1.77. The Labute approximate surface area is 143 Å². The van der Waals surface area contributed by atoms with E-state index in [1.807, 2.05) is 6.08 Å². The fourth-order valence-electron chi connectivity index (χ4n) is 5.91. The smallest absolute Gasteiger partial charge is 0.178 e. The molecule has 4 aliphatic carbocycles. The summed E-state index contributed by atoms with van der Waals surface area (Å²) in [6.45, 7) is 4.25. The number of fused-ring (bicyclic) bond motifs is 5. The van der Waals surface area contributed by atoms with Crippen LogP contribution in [-0.4, -0.2) is 22.6 Å². The van der Waals surface area contributed by atoms with Gasteiger partial charge in [0.1, 0.15) is 12.4 Å². The number of carbonyl (C=O) groups excluding carboxylic acids is 1. The number of carbonyl (C=O) groups is 1. The van der Waals surface area contributed by atoms with Crippen LogP contribution in [0.15, 0.2) is 46.8 Å². The molecule has 0 aliphatic heterocycles. The van der Waals surface area contributed by atoms with Gasteiger partial charge >= 0.3 is 0 Å². The minimum absolute atomic E-state index is 0.0350. The minimum Gasteiger partial charge on any atom is -0.510 e. The van der Waals surface area contributed by atoms with Gasteiger partial charge in [-0.3, -0.25) is 4.79 Å². The summed E-state index contributed by atoms with van der Waals surface area (Å²) in [5.41, 5.74) is 3.64. The lowest BCUT2D eigenvalue weighted by Gasteiger charge is -2.51. The molecule has 24 heavy (non-hydrogen) atoms. The van der Waals surface area contributed by atoms with Gasteiger partial charge in [0.05, 0.1) is 0 Å². The lowest BCUT2D eigenvalue weighted by atomic mass is 9.53. The van der Waals surface area contributed by atoms with Crippen LogP contribution in [0.2, 0.25) is 0 Å². The molecule has 2 fully saturated rings. The zero-order valence-corrected chi connectivity index (χ0v) is 14.5. The summed E-state index contributed by atoms with van der Waals surface area (Å²) in [7, 11) is 0. The molecule has 0 spiro atoms. The number of rotatable bonds is 1. The third kappa shape index (κ3) is 1.97. The lowest BCUT2D eigenvalue weighted by Crippen LogP contribution is -2.42. The van der Waals surface area contributed by atoms with E-state index >= 15 is 0 Å². The largest absolute Gasteiger partial charge is 0.510 e. The normalized spacial score (nSPS) is 42.7. The molecular formula is C21H26O3. The predicted octanol–water partition coefficient (Wildman–Crippen LogP) is 4.02. The summed E-state index contributed by atoms with van der Waals surface area (Å²) < 4.78 is 0. The van der Waals surface area contributed by atoms with Crippen LogP contribution in [-0.2, 0) is 4.79 Å². The summed E-state index contributed by atoms with van der Waals surface area (Å²) >= 11 is 0. The second kappa shape index (κ2) is 5.19. The summed E-state index contributed by atoms with van der Waals surface area (Å²) in [5, 5.41) is 19.6. The van der Waals surface area contributed by atoms with Crippen LogP contribution in [0.1, 0.15) is 46.0 Å². The van der Waals surface area contributed by atoms with Gasteiger partial charge in [-0.25, -0.2) is 0 Å². The average Bonchev–Trinajstić information content (AvgIpc) is 2.92. The van der Waals surface area contributed by atoms with Gasteiger partial charge < -0.3 is 10.2 Å². The van der Waals surface area contributed by atoms with Crippen molar-refractivity contribution in [2.75, 3.05) is 6.61 Å². The SMILES string of the molecule is C[C@]12C=CC(=O)C=C1CC[C@@H]1C2=CC[C@]2(C)C(=C(O)CO)CC[C@@H]12. The Kier molecular flexibility index (Phi) is 3.44. The van der Waals surface area contributed by atoms with E-state index < -0.39 is 0 Å². The average molecular weight is 326 g/mol. The fourth-order valence-corrected chi connectivity index (χ4v) is 5.91. The highest BCUT2D eigenvalue weighted by Crippen LogP contribution is 2.63. The molecule has 3 nitrogen and oxygen atoms in total. The molecule has 4 aliphatic rings. The number of allylic oxidation sites excluding steroid dienone is 7. The highest BCUT2D eigenvalue weighted by molar-refractivity contribution is 6.01. The van der Waals surface area contributed by atoms with E-state index in [9.17, 15) is 15.0 Å². The van der Waals surface area contributed by atoms with Gasteiger partial charge in [0.25, 0.3) is 0 Å². The summed E-state index contributed by atoms with van der Waals surface area (Å²) in [6, 6.07) is 0. The molecule has 0 amide bonds. The van der Waals surface area contributed by atoms with E-state index in [1.54, 1.807) is 6.08 Å². The number of aliphatic hydroxyl groups is 2. The maximum Gasteiger partial charge on any atom is 0.178 e. The van der Waals surface area contributed by atoms with Gasteiger partial charge in [0.2, 0.25) is 0 Å². The first-order chi connectivity index (χ1) is 11.4. The first-order valence-electron chi connectivity index (χ1n) is 9.07. The zero-order chi connectivity index (χ0) is 17.1. The Hall–Kier alpha value is -1.61. The second-order valence-electron chi connectivity index (χ2n) is 8.26. The van der Waals surface area contributed by atoms with Crippen LogP contribution in [0.5, 0.6) is 0 Å². The Bertz CT molecular complexity index is 723. The van der Waals surface area contributed by atoms with Crippen LogP contribution < -0.4 is 0 Å². The maximum absolute atomic E-state index is 11.8. The van der Waals surface area contributed by atoms with E-state index in [-0.39, 0.29) is 29.0 Å². The van der Waals surface area contributed by atoms with Gasteiger partial charge in [-0.1, -0.05) is 30.2 Å². The minimum atomic E-state index is -0.256. The predicted molar refractivity (Wildman–Crippen MR) is 93.3 cm³/mol. The molecule has 4 atom stereocenters. The fraction of sp³-hybridized carbons (Fsp3) is 0.571. The number of ketones is 1. The number of hydrogen-bond donors (Lipinski definition) is 2. The molecule has 0 heterocycles.